The molecule has 8 heteroatoms. The van der Waals surface area contributed by atoms with E-state index in [1.807, 2.05) is 0 Å². The lowest BCUT2D eigenvalue weighted by Crippen LogP contribution is -2.41. The molecule has 1 saturated carbocycles. The molecule has 0 aromatic carbocycles. The third kappa shape index (κ3) is 3.41. The minimum atomic E-state index is -0.497. The summed E-state index contributed by atoms with van der Waals surface area (Å²) in [5.74, 6) is 0.198. The van der Waals surface area contributed by atoms with Gasteiger partial charge in [0.15, 0.2) is 0 Å². The van der Waals surface area contributed by atoms with E-state index in [1.165, 1.54) is 12.1 Å². The Morgan fingerprint density at radius 2 is 2.28 bits per heavy atom. The molecule has 6 nitrogen and oxygen atoms in total. The van der Waals surface area contributed by atoms with Gasteiger partial charge in [-0.15, -0.1) is 12.4 Å². The molecule has 1 fully saturated rings. The minimum Gasteiger partial charge on any atom is -0.347 e. The molecule has 1 atom stereocenters. The molecule has 1 heterocycles. The van der Waals surface area contributed by atoms with Crippen LogP contribution in [0.15, 0.2) is 12.1 Å². The lowest BCUT2D eigenvalue weighted by Gasteiger charge is -2.14. The van der Waals surface area contributed by atoms with Gasteiger partial charge in [0.2, 0.25) is 0 Å². The molecule has 1 aliphatic carbocycles. The van der Waals surface area contributed by atoms with Gasteiger partial charge in [-0.2, -0.15) is 0 Å². The Hall–Kier alpha value is -1.18. The first kappa shape index (κ1) is 14.9. The smallest absolute Gasteiger partial charge is 0.324 e. The maximum atomic E-state index is 11.8. The highest BCUT2D eigenvalue weighted by Crippen LogP contribution is 2.32. The fourth-order valence-corrected chi connectivity index (χ4v) is 2.38. The summed E-state index contributed by atoms with van der Waals surface area (Å²) >= 11 is 0.882. The van der Waals surface area contributed by atoms with Crippen LogP contribution in [-0.4, -0.2) is 23.4 Å². The molecule has 0 bridgehead atoms. The number of nitrogens with two attached hydrogens (primary N) is 1. The van der Waals surface area contributed by atoms with Crippen LogP contribution in [-0.2, 0) is 0 Å². The van der Waals surface area contributed by atoms with Crippen LogP contribution in [0.5, 0.6) is 0 Å². The lowest BCUT2D eigenvalue weighted by atomic mass is 10.2. The number of nitro groups is 1. The van der Waals surface area contributed by atoms with Gasteiger partial charge in [-0.3, -0.25) is 14.9 Å². The maximum Gasteiger partial charge on any atom is 0.324 e. The number of rotatable bonds is 5. The molecule has 1 aliphatic rings. The Morgan fingerprint density at radius 3 is 2.72 bits per heavy atom. The van der Waals surface area contributed by atoms with Crippen LogP contribution >= 0.6 is 23.7 Å². The zero-order chi connectivity index (χ0) is 12.4. The monoisotopic (exact) mass is 291 g/mol. The zero-order valence-electron chi connectivity index (χ0n) is 9.50. The third-order valence-electron chi connectivity index (χ3n) is 2.76. The summed E-state index contributed by atoms with van der Waals surface area (Å²) in [6.45, 7) is 0.407. The van der Waals surface area contributed by atoms with E-state index < -0.39 is 4.92 Å². The van der Waals surface area contributed by atoms with Gasteiger partial charge in [-0.1, -0.05) is 11.3 Å². The van der Waals surface area contributed by atoms with Gasteiger partial charge in [0, 0.05) is 18.7 Å². The second-order valence-corrected chi connectivity index (χ2v) is 5.11. The standard InChI is InChI=1S/C10H13N3O3S.ClH/c11-5-7(6-1-2-6)12-10(14)8-3-4-9(17-8)13(15)16;/h3-4,6-7H,1-2,5,11H2,(H,12,14);1H. The first-order chi connectivity index (χ1) is 8.11. The van der Waals surface area contributed by atoms with Gasteiger partial charge in [0.05, 0.1) is 9.80 Å². The van der Waals surface area contributed by atoms with E-state index in [-0.39, 0.29) is 29.4 Å². The molecule has 18 heavy (non-hydrogen) atoms. The van der Waals surface area contributed by atoms with Crippen LogP contribution in [0, 0.1) is 16.0 Å². The molecule has 2 rings (SSSR count). The highest BCUT2D eigenvalue weighted by Gasteiger charge is 2.31. The molecule has 0 aliphatic heterocycles. The van der Waals surface area contributed by atoms with E-state index in [1.54, 1.807) is 0 Å². The molecule has 100 valence electrons. The highest BCUT2D eigenvalue weighted by molar-refractivity contribution is 7.17. The molecule has 0 saturated heterocycles. The van der Waals surface area contributed by atoms with Crippen molar-refractivity contribution in [1.82, 2.24) is 5.32 Å². The van der Waals surface area contributed by atoms with Gasteiger partial charge < -0.3 is 11.1 Å². The number of halogens is 1. The summed E-state index contributed by atoms with van der Waals surface area (Å²) in [5, 5.41) is 13.3. The average Bonchev–Trinajstić information content (AvgIpc) is 3.01. The van der Waals surface area contributed by atoms with Crippen molar-refractivity contribution in [1.29, 1.82) is 0 Å². The Morgan fingerprint density at radius 1 is 1.61 bits per heavy atom. The second kappa shape index (κ2) is 6.12. The maximum absolute atomic E-state index is 11.8. The number of nitrogens with zero attached hydrogens (tertiary/aromatic N) is 1. The van der Waals surface area contributed by atoms with Gasteiger partial charge in [0.25, 0.3) is 5.91 Å². The van der Waals surface area contributed by atoms with E-state index in [0.29, 0.717) is 17.3 Å². The topological polar surface area (TPSA) is 98.3 Å². The number of hydrogen-bond donors (Lipinski definition) is 2. The molecule has 1 aromatic heterocycles. The highest BCUT2D eigenvalue weighted by atomic mass is 35.5. The summed E-state index contributed by atoms with van der Waals surface area (Å²) in [6.07, 6.45) is 2.18. The number of hydrogen-bond acceptors (Lipinski definition) is 5. The van der Waals surface area contributed by atoms with Crippen molar-refractivity contribution >= 4 is 34.7 Å². The van der Waals surface area contributed by atoms with E-state index in [4.69, 9.17) is 5.73 Å². The number of nitrogens with one attached hydrogen (secondary N) is 1. The van der Waals surface area contributed by atoms with E-state index in [0.717, 1.165) is 24.2 Å². The third-order valence-corrected chi connectivity index (χ3v) is 3.79. The summed E-state index contributed by atoms with van der Waals surface area (Å²) < 4.78 is 0. The molecular formula is C10H14ClN3O3S. The van der Waals surface area contributed by atoms with Crippen molar-refractivity contribution in [3.8, 4) is 0 Å². The molecule has 1 unspecified atom stereocenters. The fourth-order valence-electron chi connectivity index (χ4n) is 1.66. The number of carbonyl (C=O) groups is 1. The molecule has 3 N–H and O–H groups in total. The van der Waals surface area contributed by atoms with E-state index in [9.17, 15) is 14.9 Å². The van der Waals surface area contributed by atoms with Crippen LogP contribution in [0.25, 0.3) is 0 Å². The minimum absolute atomic E-state index is 0. The summed E-state index contributed by atoms with van der Waals surface area (Å²) in [4.78, 5) is 22.2. The van der Waals surface area contributed by atoms with Gasteiger partial charge >= 0.3 is 5.00 Å². The molecular weight excluding hydrogens is 278 g/mol. The van der Waals surface area contributed by atoms with Gasteiger partial charge in [-0.25, -0.2) is 0 Å². The molecule has 0 radical (unpaired) electrons. The lowest BCUT2D eigenvalue weighted by molar-refractivity contribution is -0.380. The predicted molar refractivity (Wildman–Crippen MR) is 71.3 cm³/mol. The van der Waals surface area contributed by atoms with Crippen LogP contribution in [0.1, 0.15) is 22.5 Å². The number of amides is 1. The SMILES string of the molecule is Cl.NCC(NC(=O)c1ccc([N+](=O)[O-])s1)C1CC1. The van der Waals surface area contributed by atoms with Crippen molar-refractivity contribution in [2.24, 2.45) is 11.7 Å². The van der Waals surface area contributed by atoms with Crippen molar-refractivity contribution in [3.63, 3.8) is 0 Å². The summed E-state index contributed by atoms with van der Waals surface area (Å²) in [7, 11) is 0. The largest absolute Gasteiger partial charge is 0.347 e. The normalized spacial score (nSPS) is 15.6. The molecule has 1 aromatic rings. The quantitative estimate of drug-likeness (QED) is 0.635. The zero-order valence-corrected chi connectivity index (χ0v) is 11.1. The number of carbonyl (C=O) groups excluding carboxylic acids is 1. The number of thiophene rings is 1. The predicted octanol–water partition coefficient (Wildman–Crippen LogP) is 1.55. The van der Waals surface area contributed by atoms with Crippen LogP contribution in [0.4, 0.5) is 5.00 Å². The first-order valence-corrected chi connectivity index (χ1v) is 6.18. The Bertz CT molecular complexity index is 447. The van der Waals surface area contributed by atoms with E-state index in [2.05, 4.69) is 5.32 Å². The molecule has 0 spiro atoms. The van der Waals surface area contributed by atoms with Crippen LogP contribution in [0.2, 0.25) is 0 Å². The van der Waals surface area contributed by atoms with Gasteiger partial charge in [0.1, 0.15) is 0 Å². The van der Waals surface area contributed by atoms with Gasteiger partial charge in [-0.05, 0) is 24.8 Å². The van der Waals surface area contributed by atoms with E-state index >= 15 is 0 Å². The van der Waals surface area contributed by atoms with Crippen molar-refractivity contribution in [2.45, 2.75) is 18.9 Å². The van der Waals surface area contributed by atoms with Crippen LogP contribution in [0.3, 0.4) is 0 Å². The Labute approximate surface area is 114 Å². The van der Waals surface area contributed by atoms with Crippen LogP contribution < -0.4 is 11.1 Å². The first-order valence-electron chi connectivity index (χ1n) is 5.37. The Kier molecular flexibility index (Phi) is 5.06. The Balaban J connectivity index is 0.00000162. The van der Waals surface area contributed by atoms with Crippen molar-refractivity contribution in [2.75, 3.05) is 6.54 Å². The fraction of sp³-hybridized carbons (Fsp3) is 0.500. The summed E-state index contributed by atoms with van der Waals surface area (Å²) in [5.41, 5.74) is 5.57. The summed E-state index contributed by atoms with van der Waals surface area (Å²) in [6, 6.07) is 2.80. The second-order valence-electron chi connectivity index (χ2n) is 4.05. The average molecular weight is 292 g/mol. The van der Waals surface area contributed by atoms with Crippen molar-refractivity contribution in [3.05, 3.63) is 27.1 Å². The molecule has 1 amide bonds. The van der Waals surface area contributed by atoms with Crippen molar-refractivity contribution < 1.29 is 9.72 Å².